The molecule has 5 heteroatoms. The number of hydrogen-bond donors (Lipinski definition) is 2. The van der Waals surface area contributed by atoms with Crippen LogP contribution in [0.2, 0.25) is 0 Å². The second kappa shape index (κ2) is 5.08. The number of benzene rings is 1. The van der Waals surface area contributed by atoms with Crippen molar-refractivity contribution in [1.82, 2.24) is 5.32 Å². The highest BCUT2D eigenvalue weighted by molar-refractivity contribution is 5.94. The first-order valence-electron chi connectivity index (χ1n) is 6.01. The van der Waals surface area contributed by atoms with Crippen molar-refractivity contribution in [3.8, 4) is 0 Å². The van der Waals surface area contributed by atoms with E-state index in [1.54, 1.807) is 29.2 Å². The fourth-order valence-electron chi connectivity index (χ4n) is 2.16. The van der Waals surface area contributed by atoms with Crippen LogP contribution in [-0.4, -0.2) is 30.2 Å². The maximum atomic E-state index is 11.5. The molecule has 1 saturated heterocycles. The molecule has 2 N–H and O–H groups in total. The predicted molar refractivity (Wildman–Crippen MR) is 67.9 cm³/mol. The van der Waals surface area contributed by atoms with Crippen LogP contribution < -0.4 is 10.2 Å². The average molecular weight is 248 g/mol. The van der Waals surface area contributed by atoms with Gasteiger partial charge >= 0.3 is 12.0 Å². The number of urea groups is 1. The van der Waals surface area contributed by atoms with Gasteiger partial charge in [0.15, 0.2) is 0 Å². The molecule has 0 spiro atoms. The van der Waals surface area contributed by atoms with Crippen molar-refractivity contribution in [2.24, 2.45) is 0 Å². The number of carboxylic acids is 1. The Morgan fingerprint density at radius 3 is 2.56 bits per heavy atom. The maximum absolute atomic E-state index is 11.5. The van der Waals surface area contributed by atoms with Gasteiger partial charge in [-0.2, -0.15) is 0 Å². The second-order valence-corrected chi connectivity index (χ2v) is 4.27. The number of aliphatic carboxylic acids is 1. The number of rotatable bonds is 4. The van der Waals surface area contributed by atoms with Gasteiger partial charge in [-0.15, -0.1) is 0 Å². The zero-order valence-corrected chi connectivity index (χ0v) is 10.2. The summed E-state index contributed by atoms with van der Waals surface area (Å²) in [5.41, 5.74) is 1.57. The summed E-state index contributed by atoms with van der Waals surface area (Å²) < 4.78 is 0. The first-order valence-corrected chi connectivity index (χ1v) is 6.01. The third-order valence-electron chi connectivity index (χ3n) is 3.17. The SMILES string of the molecule is CC[C@H](C(=O)O)c1ccc(N2CCNC2=O)cc1. The smallest absolute Gasteiger partial charge is 0.321 e. The molecule has 5 nitrogen and oxygen atoms in total. The van der Waals surface area contributed by atoms with Crippen LogP contribution in [0.1, 0.15) is 24.8 Å². The summed E-state index contributed by atoms with van der Waals surface area (Å²) in [4.78, 5) is 24.2. The molecule has 18 heavy (non-hydrogen) atoms. The van der Waals surface area contributed by atoms with Gasteiger partial charge in [0.05, 0.1) is 5.92 Å². The predicted octanol–water partition coefficient (Wildman–Crippen LogP) is 1.79. The summed E-state index contributed by atoms with van der Waals surface area (Å²) in [5, 5.41) is 11.8. The Bertz CT molecular complexity index is 435. The quantitative estimate of drug-likeness (QED) is 0.853. The lowest BCUT2D eigenvalue weighted by atomic mass is 9.96. The number of nitrogens with zero attached hydrogens (tertiary/aromatic N) is 1. The van der Waals surface area contributed by atoms with Gasteiger partial charge in [0, 0.05) is 18.8 Å². The van der Waals surface area contributed by atoms with Crippen LogP contribution in [0, 0.1) is 0 Å². The molecular formula is C13H16N2O3. The van der Waals surface area contributed by atoms with Gasteiger partial charge in [-0.3, -0.25) is 9.69 Å². The minimum absolute atomic E-state index is 0.104. The van der Waals surface area contributed by atoms with Crippen molar-refractivity contribution in [2.45, 2.75) is 19.3 Å². The molecule has 0 radical (unpaired) electrons. The third-order valence-corrected chi connectivity index (χ3v) is 3.17. The van der Waals surface area contributed by atoms with Crippen molar-refractivity contribution in [3.05, 3.63) is 29.8 Å². The van der Waals surface area contributed by atoms with Crippen LogP contribution in [-0.2, 0) is 4.79 Å². The molecule has 1 aliphatic rings. The summed E-state index contributed by atoms with van der Waals surface area (Å²) in [6.07, 6.45) is 0.554. The number of amides is 2. The molecule has 2 rings (SSSR count). The van der Waals surface area contributed by atoms with E-state index in [9.17, 15) is 9.59 Å². The van der Waals surface area contributed by atoms with Gasteiger partial charge in [-0.1, -0.05) is 19.1 Å². The molecule has 0 bridgehead atoms. The fraction of sp³-hybridized carbons (Fsp3) is 0.385. The molecule has 1 aromatic carbocycles. The number of carboxylic acid groups (broad SMARTS) is 1. The molecule has 1 fully saturated rings. The molecule has 0 aromatic heterocycles. The molecule has 1 atom stereocenters. The maximum Gasteiger partial charge on any atom is 0.321 e. The molecular weight excluding hydrogens is 232 g/mol. The van der Waals surface area contributed by atoms with Gasteiger partial charge < -0.3 is 10.4 Å². The molecule has 1 aliphatic heterocycles. The Hall–Kier alpha value is -2.04. The summed E-state index contributed by atoms with van der Waals surface area (Å²) in [6, 6.07) is 7.05. The largest absolute Gasteiger partial charge is 0.481 e. The normalized spacial score (nSPS) is 16.5. The van der Waals surface area contributed by atoms with Crippen LogP contribution in [0.15, 0.2) is 24.3 Å². The van der Waals surface area contributed by atoms with Gasteiger partial charge in [-0.25, -0.2) is 4.79 Å². The highest BCUT2D eigenvalue weighted by Gasteiger charge is 2.22. The number of anilines is 1. The van der Waals surface area contributed by atoms with E-state index in [2.05, 4.69) is 5.32 Å². The molecule has 0 aliphatic carbocycles. The molecule has 1 aromatic rings. The lowest BCUT2D eigenvalue weighted by Crippen LogP contribution is -2.27. The Balaban J connectivity index is 2.19. The summed E-state index contributed by atoms with van der Waals surface area (Å²) >= 11 is 0. The van der Waals surface area contributed by atoms with Crippen molar-refractivity contribution in [2.75, 3.05) is 18.0 Å². The Morgan fingerprint density at radius 1 is 1.44 bits per heavy atom. The number of nitrogens with one attached hydrogen (secondary N) is 1. The van der Waals surface area contributed by atoms with E-state index in [1.807, 2.05) is 6.92 Å². The van der Waals surface area contributed by atoms with E-state index in [0.29, 0.717) is 19.5 Å². The van der Waals surface area contributed by atoms with Crippen LogP contribution in [0.25, 0.3) is 0 Å². The van der Waals surface area contributed by atoms with Gasteiger partial charge in [0.2, 0.25) is 0 Å². The van der Waals surface area contributed by atoms with E-state index in [0.717, 1.165) is 11.3 Å². The third kappa shape index (κ3) is 2.30. The zero-order valence-electron chi connectivity index (χ0n) is 10.2. The minimum Gasteiger partial charge on any atom is -0.481 e. The Labute approximate surface area is 105 Å². The molecule has 96 valence electrons. The van der Waals surface area contributed by atoms with E-state index in [1.165, 1.54) is 0 Å². The summed E-state index contributed by atoms with van der Waals surface area (Å²) in [7, 11) is 0. The van der Waals surface area contributed by atoms with Crippen LogP contribution in [0.5, 0.6) is 0 Å². The monoisotopic (exact) mass is 248 g/mol. The lowest BCUT2D eigenvalue weighted by molar-refractivity contribution is -0.138. The standard InChI is InChI=1S/C13H16N2O3/c1-2-11(12(16)17)9-3-5-10(6-4-9)15-8-7-14-13(15)18/h3-6,11H,2,7-8H2,1H3,(H,14,18)(H,16,17)/t11-/m0/s1. The van der Waals surface area contributed by atoms with Gasteiger partial charge in [-0.05, 0) is 24.1 Å². The lowest BCUT2D eigenvalue weighted by Gasteiger charge is -2.16. The van der Waals surface area contributed by atoms with Crippen LogP contribution in [0.3, 0.4) is 0 Å². The average Bonchev–Trinajstić information content (AvgIpc) is 2.77. The highest BCUT2D eigenvalue weighted by atomic mass is 16.4. The van der Waals surface area contributed by atoms with Crippen molar-refractivity contribution < 1.29 is 14.7 Å². The summed E-state index contributed by atoms with van der Waals surface area (Å²) in [5.74, 6) is -1.30. The van der Waals surface area contributed by atoms with Gasteiger partial charge in [0.1, 0.15) is 0 Å². The molecule has 2 amide bonds. The zero-order chi connectivity index (χ0) is 13.1. The van der Waals surface area contributed by atoms with E-state index >= 15 is 0 Å². The Kier molecular flexibility index (Phi) is 3.50. The topological polar surface area (TPSA) is 69.6 Å². The number of carbonyl (C=O) groups is 2. The van der Waals surface area contributed by atoms with Crippen LogP contribution >= 0.6 is 0 Å². The van der Waals surface area contributed by atoms with E-state index < -0.39 is 11.9 Å². The van der Waals surface area contributed by atoms with E-state index in [4.69, 9.17) is 5.11 Å². The fourth-order valence-corrected chi connectivity index (χ4v) is 2.16. The van der Waals surface area contributed by atoms with Crippen molar-refractivity contribution in [1.29, 1.82) is 0 Å². The molecule has 1 heterocycles. The van der Waals surface area contributed by atoms with Crippen molar-refractivity contribution in [3.63, 3.8) is 0 Å². The molecule has 0 unspecified atom stereocenters. The highest BCUT2D eigenvalue weighted by Crippen LogP contribution is 2.24. The minimum atomic E-state index is -0.816. The number of hydrogen-bond acceptors (Lipinski definition) is 2. The van der Waals surface area contributed by atoms with Crippen molar-refractivity contribution >= 4 is 17.7 Å². The summed E-state index contributed by atoms with van der Waals surface area (Å²) in [6.45, 7) is 3.14. The molecule has 0 saturated carbocycles. The second-order valence-electron chi connectivity index (χ2n) is 4.27. The van der Waals surface area contributed by atoms with Gasteiger partial charge in [0.25, 0.3) is 0 Å². The first-order chi connectivity index (χ1) is 8.63. The first kappa shape index (κ1) is 12.4. The van der Waals surface area contributed by atoms with E-state index in [-0.39, 0.29) is 6.03 Å². The Morgan fingerprint density at radius 2 is 2.11 bits per heavy atom. The van der Waals surface area contributed by atoms with Crippen LogP contribution in [0.4, 0.5) is 10.5 Å². The number of carbonyl (C=O) groups excluding carboxylic acids is 1.